The summed E-state index contributed by atoms with van der Waals surface area (Å²) in [7, 11) is 3.62. The second-order valence-corrected chi connectivity index (χ2v) is 6.10. The van der Waals surface area contributed by atoms with Crippen LogP contribution in [0.2, 0.25) is 0 Å². The molecule has 1 atom stereocenters. The molecule has 0 aromatic heterocycles. The van der Waals surface area contributed by atoms with E-state index in [9.17, 15) is 4.79 Å². The Kier molecular flexibility index (Phi) is 6.69. The van der Waals surface area contributed by atoms with Crippen molar-refractivity contribution in [1.82, 2.24) is 4.90 Å². The number of rotatable bonds is 6. The average molecular weight is 255 g/mol. The van der Waals surface area contributed by atoms with Crippen LogP contribution in [0.5, 0.6) is 0 Å². The second kappa shape index (κ2) is 7.78. The van der Waals surface area contributed by atoms with E-state index in [1.165, 1.54) is 39.2 Å². The molecule has 1 saturated carbocycles. The lowest BCUT2D eigenvalue weighted by Gasteiger charge is -2.30. The average Bonchev–Trinajstić information content (AvgIpc) is 2.36. The number of carbonyl (C=O) groups is 1. The van der Waals surface area contributed by atoms with E-state index >= 15 is 0 Å². The summed E-state index contributed by atoms with van der Waals surface area (Å²) < 4.78 is 4.90. The van der Waals surface area contributed by atoms with Gasteiger partial charge in [-0.3, -0.25) is 4.79 Å². The Hall–Kier alpha value is -0.570. The topological polar surface area (TPSA) is 29.5 Å². The van der Waals surface area contributed by atoms with Gasteiger partial charge in [0.25, 0.3) is 0 Å². The SMILES string of the molecule is COC(=O)C(CN(C)CC1CCCCC1)C(C)C. The molecule has 106 valence electrons. The zero-order valence-corrected chi connectivity index (χ0v) is 12.4. The first-order chi connectivity index (χ1) is 8.54. The van der Waals surface area contributed by atoms with Crippen LogP contribution in [0.3, 0.4) is 0 Å². The fraction of sp³-hybridized carbons (Fsp3) is 0.933. The van der Waals surface area contributed by atoms with Crippen LogP contribution in [0.25, 0.3) is 0 Å². The molecule has 1 aliphatic carbocycles. The molecule has 0 spiro atoms. The van der Waals surface area contributed by atoms with Gasteiger partial charge >= 0.3 is 5.97 Å². The van der Waals surface area contributed by atoms with E-state index < -0.39 is 0 Å². The lowest BCUT2D eigenvalue weighted by atomic mass is 9.88. The molecule has 0 saturated heterocycles. The number of methoxy groups -OCH3 is 1. The van der Waals surface area contributed by atoms with E-state index in [1.54, 1.807) is 0 Å². The van der Waals surface area contributed by atoms with Crippen molar-refractivity contribution in [2.24, 2.45) is 17.8 Å². The molecule has 1 aliphatic rings. The standard InChI is InChI=1S/C15H29NO2/c1-12(2)14(15(17)18-4)11-16(3)10-13-8-6-5-7-9-13/h12-14H,5-11H2,1-4H3. The van der Waals surface area contributed by atoms with E-state index in [-0.39, 0.29) is 11.9 Å². The molecule has 0 N–H and O–H groups in total. The summed E-state index contributed by atoms with van der Waals surface area (Å²) in [5.74, 6) is 1.10. The normalized spacial score (nSPS) is 19.2. The van der Waals surface area contributed by atoms with E-state index in [0.717, 1.165) is 19.0 Å². The van der Waals surface area contributed by atoms with Gasteiger partial charge in [-0.2, -0.15) is 0 Å². The molecule has 0 amide bonds. The highest BCUT2D eigenvalue weighted by Crippen LogP contribution is 2.24. The van der Waals surface area contributed by atoms with Gasteiger partial charge in [-0.1, -0.05) is 33.1 Å². The highest BCUT2D eigenvalue weighted by molar-refractivity contribution is 5.72. The molecule has 1 fully saturated rings. The van der Waals surface area contributed by atoms with E-state index in [2.05, 4.69) is 25.8 Å². The molecular formula is C15H29NO2. The van der Waals surface area contributed by atoms with Gasteiger partial charge in [-0.05, 0) is 31.7 Å². The van der Waals surface area contributed by atoms with Gasteiger partial charge in [-0.25, -0.2) is 0 Å². The molecule has 0 aromatic carbocycles. The maximum atomic E-state index is 11.7. The van der Waals surface area contributed by atoms with Crippen LogP contribution in [0, 0.1) is 17.8 Å². The molecule has 3 nitrogen and oxygen atoms in total. The van der Waals surface area contributed by atoms with Gasteiger partial charge in [0.1, 0.15) is 0 Å². The van der Waals surface area contributed by atoms with Gasteiger partial charge in [0.2, 0.25) is 0 Å². The van der Waals surface area contributed by atoms with Gasteiger partial charge in [0, 0.05) is 13.1 Å². The zero-order chi connectivity index (χ0) is 13.5. The Morgan fingerprint density at radius 3 is 2.39 bits per heavy atom. The van der Waals surface area contributed by atoms with Crippen LogP contribution in [0.1, 0.15) is 46.0 Å². The molecular weight excluding hydrogens is 226 g/mol. The van der Waals surface area contributed by atoms with Crippen molar-refractivity contribution in [1.29, 1.82) is 0 Å². The number of hydrogen-bond donors (Lipinski definition) is 0. The molecule has 0 radical (unpaired) electrons. The predicted octanol–water partition coefficient (Wildman–Crippen LogP) is 2.94. The van der Waals surface area contributed by atoms with Crippen LogP contribution >= 0.6 is 0 Å². The van der Waals surface area contributed by atoms with Gasteiger partial charge in [-0.15, -0.1) is 0 Å². The van der Waals surface area contributed by atoms with Crippen molar-refractivity contribution >= 4 is 5.97 Å². The minimum atomic E-state index is -0.0690. The predicted molar refractivity (Wildman–Crippen MR) is 74.4 cm³/mol. The fourth-order valence-corrected chi connectivity index (χ4v) is 2.93. The molecule has 0 aliphatic heterocycles. The largest absolute Gasteiger partial charge is 0.469 e. The summed E-state index contributed by atoms with van der Waals surface area (Å²) >= 11 is 0. The van der Waals surface area contributed by atoms with E-state index in [0.29, 0.717) is 5.92 Å². The minimum absolute atomic E-state index is 0.00332. The third-order valence-electron chi connectivity index (χ3n) is 4.11. The van der Waals surface area contributed by atoms with Crippen molar-refractivity contribution < 1.29 is 9.53 Å². The highest BCUT2D eigenvalue weighted by atomic mass is 16.5. The van der Waals surface area contributed by atoms with Gasteiger partial charge in [0.15, 0.2) is 0 Å². The lowest BCUT2D eigenvalue weighted by Crippen LogP contribution is -2.37. The molecule has 0 heterocycles. The first-order valence-electron chi connectivity index (χ1n) is 7.31. The third-order valence-corrected chi connectivity index (χ3v) is 4.11. The highest BCUT2D eigenvalue weighted by Gasteiger charge is 2.25. The monoisotopic (exact) mass is 255 g/mol. The smallest absolute Gasteiger partial charge is 0.310 e. The van der Waals surface area contributed by atoms with Crippen LogP contribution in [-0.2, 0) is 9.53 Å². The van der Waals surface area contributed by atoms with Gasteiger partial charge < -0.3 is 9.64 Å². The summed E-state index contributed by atoms with van der Waals surface area (Å²) in [6.07, 6.45) is 6.87. The van der Waals surface area contributed by atoms with Crippen LogP contribution < -0.4 is 0 Å². The first-order valence-corrected chi connectivity index (χ1v) is 7.31. The van der Waals surface area contributed by atoms with Crippen LogP contribution in [0.15, 0.2) is 0 Å². The minimum Gasteiger partial charge on any atom is -0.469 e. The Bertz CT molecular complexity index is 247. The van der Waals surface area contributed by atoms with Crippen molar-refractivity contribution in [3.63, 3.8) is 0 Å². The summed E-state index contributed by atoms with van der Waals surface area (Å²) in [6, 6.07) is 0. The summed E-state index contributed by atoms with van der Waals surface area (Å²) in [5.41, 5.74) is 0. The van der Waals surface area contributed by atoms with Crippen molar-refractivity contribution in [2.75, 3.05) is 27.2 Å². The number of hydrogen-bond acceptors (Lipinski definition) is 3. The van der Waals surface area contributed by atoms with Crippen molar-refractivity contribution in [3.05, 3.63) is 0 Å². The Balaban J connectivity index is 2.40. The van der Waals surface area contributed by atoms with E-state index in [4.69, 9.17) is 4.74 Å². The van der Waals surface area contributed by atoms with Crippen LogP contribution in [0.4, 0.5) is 0 Å². The Morgan fingerprint density at radius 1 is 1.28 bits per heavy atom. The maximum Gasteiger partial charge on any atom is 0.310 e. The van der Waals surface area contributed by atoms with E-state index in [1.807, 2.05) is 0 Å². The summed E-state index contributed by atoms with van der Waals surface area (Å²) in [4.78, 5) is 14.0. The number of esters is 1. The lowest BCUT2D eigenvalue weighted by molar-refractivity contribution is -0.147. The number of nitrogens with zero attached hydrogens (tertiary/aromatic N) is 1. The maximum absolute atomic E-state index is 11.7. The summed E-state index contributed by atoms with van der Waals surface area (Å²) in [6.45, 7) is 6.13. The molecule has 3 heteroatoms. The fourth-order valence-electron chi connectivity index (χ4n) is 2.93. The molecule has 0 aromatic rings. The summed E-state index contributed by atoms with van der Waals surface area (Å²) in [5, 5.41) is 0. The van der Waals surface area contributed by atoms with Crippen molar-refractivity contribution in [3.8, 4) is 0 Å². The van der Waals surface area contributed by atoms with Crippen LogP contribution in [-0.4, -0.2) is 38.1 Å². The molecule has 18 heavy (non-hydrogen) atoms. The Labute approximate surface area is 112 Å². The molecule has 1 unspecified atom stereocenters. The third kappa shape index (κ3) is 4.97. The Morgan fingerprint density at radius 2 is 1.89 bits per heavy atom. The quantitative estimate of drug-likeness (QED) is 0.683. The van der Waals surface area contributed by atoms with Crippen molar-refractivity contribution in [2.45, 2.75) is 46.0 Å². The number of carbonyl (C=O) groups excluding carboxylic acids is 1. The molecule has 1 rings (SSSR count). The number of ether oxygens (including phenoxy) is 1. The second-order valence-electron chi connectivity index (χ2n) is 6.10. The zero-order valence-electron chi connectivity index (χ0n) is 12.4. The first kappa shape index (κ1) is 15.5. The molecule has 0 bridgehead atoms. The van der Waals surface area contributed by atoms with Gasteiger partial charge in [0.05, 0.1) is 13.0 Å².